The highest BCUT2D eigenvalue weighted by Gasteiger charge is 2.03. The van der Waals surface area contributed by atoms with Crippen LogP contribution in [0.4, 0.5) is 0 Å². The molecule has 13 heavy (non-hydrogen) atoms. The van der Waals surface area contributed by atoms with Crippen LogP contribution >= 0.6 is 15.9 Å². The quantitative estimate of drug-likeness (QED) is 0.584. The molecule has 0 aliphatic rings. The number of halogens is 1. The molecule has 0 bridgehead atoms. The van der Waals surface area contributed by atoms with Crippen LogP contribution in [0.15, 0.2) is 40.9 Å². The first-order valence-corrected chi connectivity index (χ1v) is 4.91. The molecule has 0 aliphatic carbocycles. The largest absolute Gasteiger partial charge is 0.299 e. The van der Waals surface area contributed by atoms with Gasteiger partial charge in [-0.15, -0.1) is 0 Å². The molecule has 0 radical (unpaired) electrons. The summed E-state index contributed by atoms with van der Waals surface area (Å²) in [7, 11) is 0. The maximum Gasteiger partial charge on any atom is 0.142 e. The fraction of sp³-hybridized carbons (Fsp3) is 0.182. The van der Waals surface area contributed by atoms with Crippen LogP contribution < -0.4 is 0 Å². The lowest BCUT2D eigenvalue weighted by atomic mass is 10.0. The third kappa shape index (κ3) is 2.81. The van der Waals surface area contributed by atoms with E-state index in [9.17, 15) is 4.79 Å². The van der Waals surface area contributed by atoms with Gasteiger partial charge in [0.25, 0.3) is 0 Å². The molecular formula is C11H11BrO. The van der Waals surface area contributed by atoms with Crippen molar-refractivity contribution in [2.45, 2.75) is 12.8 Å². The van der Waals surface area contributed by atoms with Gasteiger partial charge in [0.15, 0.2) is 0 Å². The lowest BCUT2D eigenvalue weighted by molar-refractivity contribution is -0.104. The summed E-state index contributed by atoms with van der Waals surface area (Å²) >= 11 is 3.47. The van der Waals surface area contributed by atoms with Gasteiger partial charge in [-0.2, -0.15) is 0 Å². The Hall–Kier alpha value is -0.890. The van der Waals surface area contributed by atoms with Crippen molar-refractivity contribution in [3.05, 3.63) is 46.5 Å². The molecule has 0 N–H and O–H groups in total. The Balaban J connectivity index is 2.88. The first-order valence-electron chi connectivity index (χ1n) is 4.12. The second-order valence-electron chi connectivity index (χ2n) is 2.83. The summed E-state index contributed by atoms with van der Waals surface area (Å²) in [5.41, 5.74) is 1.20. The van der Waals surface area contributed by atoms with Crippen molar-refractivity contribution >= 4 is 22.2 Å². The van der Waals surface area contributed by atoms with Crippen molar-refractivity contribution < 1.29 is 4.79 Å². The van der Waals surface area contributed by atoms with Crippen molar-refractivity contribution in [3.63, 3.8) is 0 Å². The van der Waals surface area contributed by atoms with Gasteiger partial charge in [-0.25, -0.2) is 0 Å². The van der Waals surface area contributed by atoms with Crippen LogP contribution in [0.2, 0.25) is 0 Å². The van der Waals surface area contributed by atoms with Crippen molar-refractivity contribution in [2.75, 3.05) is 0 Å². The van der Waals surface area contributed by atoms with E-state index in [1.54, 1.807) is 0 Å². The van der Waals surface area contributed by atoms with Crippen molar-refractivity contribution in [1.82, 2.24) is 0 Å². The zero-order chi connectivity index (χ0) is 9.68. The first-order chi connectivity index (χ1) is 6.25. The number of benzene rings is 1. The van der Waals surface area contributed by atoms with E-state index in [1.165, 1.54) is 11.6 Å². The van der Waals surface area contributed by atoms with Gasteiger partial charge in [-0.05, 0) is 17.7 Å². The van der Waals surface area contributed by atoms with Crippen LogP contribution in [-0.4, -0.2) is 6.29 Å². The minimum Gasteiger partial charge on any atom is -0.299 e. The van der Waals surface area contributed by atoms with Crippen molar-refractivity contribution in [2.24, 2.45) is 0 Å². The van der Waals surface area contributed by atoms with Gasteiger partial charge in [0.2, 0.25) is 0 Å². The van der Waals surface area contributed by atoms with Crippen LogP contribution in [0.1, 0.15) is 18.4 Å². The molecule has 1 atom stereocenters. The summed E-state index contributed by atoms with van der Waals surface area (Å²) < 4.78 is 1.08. The van der Waals surface area contributed by atoms with Gasteiger partial charge in [0, 0.05) is 10.4 Å². The predicted octanol–water partition coefficient (Wildman–Crippen LogP) is 3.31. The number of hydrogen-bond acceptors (Lipinski definition) is 1. The molecule has 1 aromatic carbocycles. The molecule has 0 aliphatic heterocycles. The normalized spacial score (nSPS) is 13.1. The van der Waals surface area contributed by atoms with E-state index in [-0.39, 0.29) is 5.92 Å². The van der Waals surface area contributed by atoms with Gasteiger partial charge in [0.1, 0.15) is 6.29 Å². The smallest absolute Gasteiger partial charge is 0.142 e. The zero-order valence-corrected chi connectivity index (χ0v) is 8.99. The van der Waals surface area contributed by atoms with Crippen LogP contribution in [0.5, 0.6) is 0 Å². The van der Waals surface area contributed by atoms with E-state index in [0.717, 1.165) is 10.8 Å². The van der Waals surface area contributed by atoms with Crippen LogP contribution in [0, 0.1) is 0 Å². The molecule has 68 valence electrons. The molecule has 0 saturated heterocycles. The van der Waals surface area contributed by atoms with E-state index < -0.39 is 0 Å². The SMILES string of the molecule is CC(/C=C/C=O)c1ccccc1Br. The maximum absolute atomic E-state index is 10.1. The minimum atomic E-state index is 0.265. The predicted molar refractivity (Wildman–Crippen MR) is 57.8 cm³/mol. The van der Waals surface area contributed by atoms with Gasteiger partial charge in [0.05, 0.1) is 0 Å². The van der Waals surface area contributed by atoms with Crippen LogP contribution in [-0.2, 0) is 4.79 Å². The van der Waals surface area contributed by atoms with Gasteiger partial charge >= 0.3 is 0 Å². The summed E-state index contributed by atoms with van der Waals surface area (Å²) in [5.74, 6) is 0.265. The van der Waals surface area contributed by atoms with E-state index in [4.69, 9.17) is 0 Å². The molecule has 0 amide bonds. The summed E-state index contributed by atoms with van der Waals surface area (Å²) in [6, 6.07) is 8.01. The second kappa shape index (κ2) is 4.97. The highest BCUT2D eigenvalue weighted by molar-refractivity contribution is 9.10. The average Bonchev–Trinajstić information content (AvgIpc) is 2.15. The molecule has 0 fully saturated rings. The number of allylic oxidation sites excluding steroid dienone is 2. The Kier molecular flexibility index (Phi) is 3.90. The summed E-state index contributed by atoms with van der Waals surface area (Å²) in [6.07, 6.45) is 4.21. The standard InChI is InChI=1S/C11H11BrO/c1-9(5-4-8-13)10-6-2-3-7-11(10)12/h2-9H,1H3/b5-4+. The van der Waals surface area contributed by atoms with Crippen molar-refractivity contribution in [3.8, 4) is 0 Å². The third-order valence-electron chi connectivity index (χ3n) is 1.87. The van der Waals surface area contributed by atoms with Crippen molar-refractivity contribution in [1.29, 1.82) is 0 Å². The number of carbonyl (C=O) groups excluding carboxylic acids is 1. The minimum absolute atomic E-state index is 0.265. The highest BCUT2D eigenvalue weighted by Crippen LogP contribution is 2.24. The molecule has 0 heterocycles. The summed E-state index contributed by atoms with van der Waals surface area (Å²) in [5, 5.41) is 0. The Labute approximate surface area is 86.6 Å². The lowest BCUT2D eigenvalue weighted by Gasteiger charge is -2.07. The monoisotopic (exact) mass is 238 g/mol. The topological polar surface area (TPSA) is 17.1 Å². The van der Waals surface area contributed by atoms with Gasteiger partial charge in [-0.3, -0.25) is 4.79 Å². The molecule has 2 heteroatoms. The fourth-order valence-corrected chi connectivity index (χ4v) is 1.81. The lowest BCUT2D eigenvalue weighted by Crippen LogP contribution is -1.90. The number of hydrogen-bond donors (Lipinski definition) is 0. The Morgan fingerprint density at radius 1 is 1.38 bits per heavy atom. The Morgan fingerprint density at radius 2 is 2.08 bits per heavy atom. The van der Waals surface area contributed by atoms with Crippen LogP contribution in [0.25, 0.3) is 0 Å². The van der Waals surface area contributed by atoms with E-state index in [2.05, 4.69) is 22.9 Å². The van der Waals surface area contributed by atoms with E-state index in [0.29, 0.717) is 0 Å². The molecule has 0 saturated carbocycles. The second-order valence-corrected chi connectivity index (χ2v) is 3.69. The van der Waals surface area contributed by atoms with Gasteiger partial charge in [-0.1, -0.05) is 47.1 Å². The molecule has 1 aromatic rings. The van der Waals surface area contributed by atoms with Crippen LogP contribution in [0.3, 0.4) is 0 Å². The molecule has 1 unspecified atom stereocenters. The Bertz CT molecular complexity index is 318. The van der Waals surface area contributed by atoms with E-state index >= 15 is 0 Å². The third-order valence-corrected chi connectivity index (χ3v) is 2.60. The molecular weight excluding hydrogens is 228 g/mol. The van der Waals surface area contributed by atoms with E-state index in [1.807, 2.05) is 30.3 Å². The Morgan fingerprint density at radius 3 is 2.69 bits per heavy atom. The fourth-order valence-electron chi connectivity index (χ4n) is 1.16. The zero-order valence-electron chi connectivity index (χ0n) is 7.41. The number of carbonyl (C=O) groups is 1. The maximum atomic E-state index is 10.1. The molecule has 0 spiro atoms. The molecule has 1 rings (SSSR count). The highest BCUT2D eigenvalue weighted by atomic mass is 79.9. The summed E-state index contributed by atoms with van der Waals surface area (Å²) in [4.78, 5) is 10.1. The molecule has 1 nitrogen and oxygen atoms in total. The summed E-state index contributed by atoms with van der Waals surface area (Å²) in [6.45, 7) is 2.06. The first kappa shape index (κ1) is 10.2. The van der Waals surface area contributed by atoms with Gasteiger partial charge < -0.3 is 0 Å². The number of aldehydes is 1. The molecule has 0 aromatic heterocycles. The average molecular weight is 239 g/mol. The number of rotatable bonds is 3.